The topological polar surface area (TPSA) is 26.0 Å². The predicted octanol–water partition coefficient (Wildman–Crippen LogP) is 3.25. The number of rotatable bonds is 4. The van der Waals surface area contributed by atoms with E-state index in [0.29, 0.717) is 0 Å². The molecule has 2 N–H and O–H groups in total. The molecule has 0 spiro atoms. The summed E-state index contributed by atoms with van der Waals surface area (Å²) in [7, 11) is 0. The zero-order valence-corrected chi connectivity index (χ0v) is 8.59. The van der Waals surface area contributed by atoms with Gasteiger partial charge in [0.25, 0.3) is 0 Å². The summed E-state index contributed by atoms with van der Waals surface area (Å²) in [6.45, 7) is 4.51. The molecule has 0 unspecified atom stereocenters. The van der Waals surface area contributed by atoms with E-state index in [0.717, 1.165) is 11.6 Å². The fourth-order valence-corrected chi connectivity index (χ4v) is 1.56. The van der Waals surface area contributed by atoms with Crippen LogP contribution in [0.1, 0.15) is 32.3 Å². The predicted molar refractivity (Wildman–Crippen MR) is 58.6 cm³/mol. The molecule has 0 atom stereocenters. The smallest absolute Gasteiger partial charge is 0.0314 e. The van der Waals surface area contributed by atoms with Gasteiger partial charge in [-0.2, -0.15) is 0 Å². The molecule has 0 heterocycles. The maximum atomic E-state index is 5.62. The highest BCUT2D eigenvalue weighted by Crippen LogP contribution is 2.16. The van der Waals surface area contributed by atoms with Gasteiger partial charge in [0.15, 0.2) is 0 Å². The fraction of sp³-hybridized carbons (Fsp3) is 0.500. The zero-order chi connectivity index (χ0) is 9.68. The van der Waals surface area contributed by atoms with E-state index in [2.05, 4.69) is 26.0 Å². The fourth-order valence-electron chi connectivity index (χ4n) is 1.56. The third kappa shape index (κ3) is 3.10. The largest absolute Gasteiger partial charge is 0.399 e. The van der Waals surface area contributed by atoms with E-state index in [1.165, 1.54) is 24.8 Å². The molecule has 72 valence electrons. The molecule has 0 saturated heterocycles. The molecule has 1 aromatic carbocycles. The molecule has 0 aromatic heterocycles. The molecule has 0 aliphatic carbocycles. The lowest BCUT2D eigenvalue weighted by molar-refractivity contribution is 0.490. The second-order valence-corrected chi connectivity index (χ2v) is 3.63. The van der Waals surface area contributed by atoms with E-state index >= 15 is 0 Å². The van der Waals surface area contributed by atoms with Crippen molar-refractivity contribution in [1.29, 1.82) is 0 Å². The van der Waals surface area contributed by atoms with Crippen molar-refractivity contribution in [3.63, 3.8) is 0 Å². The van der Waals surface area contributed by atoms with Crippen LogP contribution in [-0.4, -0.2) is 0 Å². The van der Waals surface area contributed by atoms with Gasteiger partial charge in [-0.25, -0.2) is 0 Å². The molecular weight excluding hydrogens is 158 g/mol. The van der Waals surface area contributed by atoms with Crippen LogP contribution in [0.25, 0.3) is 0 Å². The van der Waals surface area contributed by atoms with Crippen LogP contribution < -0.4 is 5.73 Å². The highest BCUT2D eigenvalue weighted by Gasteiger charge is 2.03. The Labute approximate surface area is 81.0 Å². The van der Waals surface area contributed by atoms with Crippen LogP contribution >= 0.6 is 0 Å². The highest BCUT2D eigenvalue weighted by atomic mass is 14.5. The minimum absolute atomic E-state index is 0.823. The van der Waals surface area contributed by atoms with Gasteiger partial charge in [0, 0.05) is 5.69 Å². The minimum atomic E-state index is 0.823. The molecule has 1 rings (SSSR count). The maximum Gasteiger partial charge on any atom is 0.0314 e. The lowest BCUT2D eigenvalue weighted by Gasteiger charge is -2.11. The first-order valence-corrected chi connectivity index (χ1v) is 5.10. The van der Waals surface area contributed by atoms with Crippen LogP contribution in [0.5, 0.6) is 0 Å². The Hall–Kier alpha value is -0.980. The Bertz CT molecular complexity index is 234. The first-order chi connectivity index (χ1) is 6.26. The Morgan fingerprint density at radius 3 is 2.08 bits per heavy atom. The van der Waals surface area contributed by atoms with E-state index in [4.69, 9.17) is 5.73 Å². The number of hydrogen-bond donors (Lipinski definition) is 1. The summed E-state index contributed by atoms with van der Waals surface area (Å²) in [6, 6.07) is 8.23. The molecule has 1 heteroatoms. The Balaban J connectivity index is 2.58. The van der Waals surface area contributed by atoms with Gasteiger partial charge in [-0.1, -0.05) is 38.8 Å². The first-order valence-electron chi connectivity index (χ1n) is 5.10. The summed E-state index contributed by atoms with van der Waals surface area (Å²) >= 11 is 0. The third-order valence-electron chi connectivity index (χ3n) is 2.66. The Kier molecular flexibility index (Phi) is 3.81. The molecule has 0 amide bonds. The summed E-state index contributed by atoms with van der Waals surface area (Å²) < 4.78 is 0. The molecule has 0 fully saturated rings. The summed E-state index contributed by atoms with van der Waals surface area (Å²) in [4.78, 5) is 0. The second kappa shape index (κ2) is 4.90. The molecule has 0 aliphatic heterocycles. The molecule has 1 nitrogen and oxygen atoms in total. The van der Waals surface area contributed by atoms with Crippen molar-refractivity contribution in [3.05, 3.63) is 29.8 Å². The van der Waals surface area contributed by atoms with Crippen molar-refractivity contribution < 1.29 is 0 Å². The van der Waals surface area contributed by atoms with Gasteiger partial charge in [-0.3, -0.25) is 0 Å². The standard InChI is InChI=1S/C12H19N/c1-3-10(4-2)9-11-5-7-12(13)8-6-11/h5-8,10H,3-4,9,13H2,1-2H3. The summed E-state index contributed by atoms with van der Waals surface area (Å²) in [5, 5.41) is 0. The summed E-state index contributed by atoms with van der Waals surface area (Å²) in [5.74, 6) is 0.823. The van der Waals surface area contributed by atoms with Crippen LogP contribution in [0.4, 0.5) is 5.69 Å². The highest BCUT2D eigenvalue weighted by molar-refractivity contribution is 5.39. The van der Waals surface area contributed by atoms with E-state index in [1.807, 2.05) is 12.1 Å². The average Bonchev–Trinajstić information content (AvgIpc) is 2.17. The molecular formula is C12H19N. The SMILES string of the molecule is CCC(CC)Cc1ccc(N)cc1. The van der Waals surface area contributed by atoms with Gasteiger partial charge in [0.2, 0.25) is 0 Å². The lowest BCUT2D eigenvalue weighted by atomic mass is 9.95. The molecule has 0 bridgehead atoms. The van der Waals surface area contributed by atoms with Crippen molar-refractivity contribution in [2.45, 2.75) is 33.1 Å². The monoisotopic (exact) mass is 177 g/mol. The molecule has 0 radical (unpaired) electrons. The third-order valence-corrected chi connectivity index (χ3v) is 2.66. The first kappa shape index (κ1) is 10.1. The number of nitrogen functional groups attached to an aromatic ring is 1. The van der Waals surface area contributed by atoms with E-state index in [1.54, 1.807) is 0 Å². The molecule has 0 saturated carbocycles. The Morgan fingerprint density at radius 1 is 1.08 bits per heavy atom. The number of benzene rings is 1. The van der Waals surface area contributed by atoms with Crippen molar-refractivity contribution in [3.8, 4) is 0 Å². The van der Waals surface area contributed by atoms with Crippen LogP contribution in [0.2, 0.25) is 0 Å². The van der Waals surface area contributed by atoms with Crippen molar-refractivity contribution in [1.82, 2.24) is 0 Å². The quantitative estimate of drug-likeness (QED) is 0.702. The molecule has 1 aromatic rings. The van der Waals surface area contributed by atoms with Crippen LogP contribution in [-0.2, 0) is 6.42 Å². The number of hydrogen-bond acceptors (Lipinski definition) is 1. The van der Waals surface area contributed by atoms with Gasteiger partial charge >= 0.3 is 0 Å². The van der Waals surface area contributed by atoms with Crippen LogP contribution in [0, 0.1) is 5.92 Å². The van der Waals surface area contributed by atoms with E-state index in [9.17, 15) is 0 Å². The molecule has 13 heavy (non-hydrogen) atoms. The van der Waals surface area contributed by atoms with Crippen molar-refractivity contribution in [2.24, 2.45) is 5.92 Å². The zero-order valence-electron chi connectivity index (χ0n) is 8.59. The molecule has 0 aliphatic rings. The van der Waals surface area contributed by atoms with Gasteiger partial charge < -0.3 is 5.73 Å². The normalized spacial score (nSPS) is 10.7. The maximum absolute atomic E-state index is 5.62. The average molecular weight is 177 g/mol. The van der Waals surface area contributed by atoms with E-state index in [-0.39, 0.29) is 0 Å². The summed E-state index contributed by atoms with van der Waals surface area (Å²) in [5.41, 5.74) is 7.88. The van der Waals surface area contributed by atoms with Crippen molar-refractivity contribution >= 4 is 5.69 Å². The van der Waals surface area contributed by atoms with Gasteiger partial charge in [0.05, 0.1) is 0 Å². The second-order valence-electron chi connectivity index (χ2n) is 3.63. The number of nitrogens with two attached hydrogens (primary N) is 1. The van der Waals surface area contributed by atoms with Crippen molar-refractivity contribution in [2.75, 3.05) is 5.73 Å². The van der Waals surface area contributed by atoms with Crippen LogP contribution in [0.15, 0.2) is 24.3 Å². The Morgan fingerprint density at radius 2 is 1.62 bits per heavy atom. The van der Waals surface area contributed by atoms with E-state index < -0.39 is 0 Å². The van der Waals surface area contributed by atoms with Crippen LogP contribution in [0.3, 0.4) is 0 Å². The van der Waals surface area contributed by atoms with Gasteiger partial charge in [0.1, 0.15) is 0 Å². The minimum Gasteiger partial charge on any atom is -0.399 e. The van der Waals surface area contributed by atoms with Gasteiger partial charge in [-0.05, 0) is 30.0 Å². The number of anilines is 1. The van der Waals surface area contributed by atoms with Gasteiger partial charge in [-0.15, -0.1) is 0 Å². The lowest BCUT2D eigenvalue weighted by Crippen LogP contribution is -2.01. The summed E-state index contributed by atoms with van der Waals surface area (Å²) in [6.07, 6.45) is 3.72.